The van der Waals surface area contributed by atoms with Crippen molar-refractivity contribution in [1.82, 2.24) is 31.2 Å². The van der Waals surface area contributed by atoms with E-state index >= 15 is 0 Å². The van der Waals surface area contributed by atoms with Crippen LogP contribution in [-0.2, 0) is 0 Å². The molecule has 2 aliphatic rings. The number of aromatic amines is 1. The summed E-state index contributed by atoms with van der Waals surface area (Å²) in [7, 11) is 0. The highest BCUT2D eigenvalue weighted by Crippen LogP contribution is 2.54. The molecule has 6 rings (SSSR count). The predicted molar refractivity (Wildman–Crippen MR) is 168 cm³/mol. The van der Waals surface area contributed by atoms with Crippen molar-refractivity contribution in [2.45, 2.75) is 58.3 Å². The zero-order valence-electron chi connectivity index (χ0n) is 25.8. The predicted octanol–water partition coefficient (Wildman–Crippen LogP) is 6.55. The van der Waals surface area contributed by atoms with E-state index in [0.717, 1.165) is 27.4 Å². The highest BCUT2D eigenvalue weighted by atomic mass is 19.4. The third-order valence-electron chi connectivity index (χ3n) is 8.39. The van der Waals surface area contributed by atoms with Crippen LogP contribution in [0.25, 0.3) is 22.2 Å². The van der Waals surface area contributed by atoms with Crippen molar-refractivity contribution < 1.29 is 13.2 Å². The van der Waals surface area contributed by atoms with Crippen LogP contribution in [-0.4, -0.2) is 38.5 Å². The van der Waals surface area contributed by atoms with Crippen LogP contribution in [0.15, 0.2) is 60.7 Å². The standard InChI is InChI=1S/C33H33F3N10/c1-19-23(26-8-11-41-43-26)6-5-7-24(19)30(27-17-46(45-44-27)32(9-10-32)33(34,35)36)42-22-12-20(14-37)28-25(13-22)29(21(15-38)16-39-28)40-18-31(2,3)4/h5-8,11-13,16-17,30,42,44-45H,9-10,18H2,1-4H3,(H,39,40)(H,41,43)/t30-/m0/s1. The van der Waals surface area contributed by atoms with Crippen LogP contribution in [0.1, 0.15) is 61.9 Å². The number of fused-ring (bicyclic) bond motifs is 1. The number of aromatic nitrogens is 3. The number of nitriles is 2. The van der Waals surface area contributed by atoms with Gasteiger partial charge in [0.2, 0.25) is 0 Å². The zero-order valence-corrected chi connectivity index (χ0v) is 25.8. The summed E-state index contributed by atoms with van der Waals surface area (Å²) in [6, 6.07) is 14.8. The highest BCUT2D eigenvalue weighted by Gasteiger charge is 2.67. The number of hydrazine groups is 2. The number of benzene rings is 2. The van der Waals surface area contributed by atoms with Crippen LogP contribution in [0.2, 0.25) is 0 Å². The number of hydrogen-bond acceptors (Lipinski definition) is 9. The fourth-order valence-electron chi connectivity index (χ4n) is 5.73. The average molecular weight is 627 g/mol. The summed E-state index contributed by atoms with van der Waals surface area (Å²) in [4.78, 5) is 4.44. The largest absolute Gasteiger partial charge is 0.413 e. The van der Waals surface area contributed by atoms with Crippen molar-refractivity contribution in [3.63, 3.8) is 0 Å². The molecule has 1 atom stereocenters. The number of pyridine rings is 1. The number of H-pyrrole nitrogens is 1. The van der Waals surface area contributed by atoms with E-state index in [1.807, 2.05) is 37.3 Å². The van der Waals surface area contributed by atoms with Gasteiger partial charge >= 0.3 is 6.18 Å². The van der Waals surface area contributed by atoms with Gasteiger partial charge < -0.3 is 16.1 Å². The topological polar surface area (TPSA) is 141 Å². The van der Waals surface area contributed by atoms with Gasteiger partial charge in [-0.3, -0.25) is 15.1 Å². The van der Waals surface area contributed by atoms with Gasteiger partial charge in [-0.15, -0.1) is 5.53 Å². The highest BCUT2D eigenvalue weighted by molar-refractivity contribution is 5.99. The van der Waals surface area contributed by atoms with Gasteiger partial charge in [-0.1, -0.05) is 39.0 Å². The molecule has 0 amide bonds. The Balaban J connectivity index is 1.48. The number of nitrogens with one attached hydrogen (secondary N) is 5. The Bertz CT molecular complexity index is 1910. The molecule has 5 N–H and O–H groups in total. The minimum atomic E-state index is -4.42. The first-order chi connectivity index (χ1) is 21.8. The summed E-state index contributed by atoms with van der Waals surface area (Å²) < 4.78 is 42.2. The van der Waals surface area contributed by atoms with E-state index in [0.29, 0.717) is 40.1 Å². The van der Waals surface area contributed by atoms with Crippen LogP contribution in [0.3, 0.4) is 0 Å². The Kier molecular flexibility index (Phi) is 7.53. The first kappa shape index (κ1) is 30.7. The van der Waals surface area contributed by atoms with Crippen LogP contribution >= 0.6 is 0 Å². The minimum Gasteiger partial charge on any atom is -0.383 e. The van der Waals surface area contributed by atoms with E-state index in [2.05, 4.69) is 69.7 Å². The quantitative estimate of drug-likeness (QED) is 0.147. The van der Waals surface area contributed by atoms with E-state index < -0.39 is 17.8 Å². The Morgan fingerprint density at radius 3 is 2.48 bits per heavy atom. The van der Waals surface area contributed by atoms with E-state index in [9.17, 15) is 23.7 Å². The molecule has 3 heterocycles. The lowest BCUT2D eigenvalue weighted by atomic mass is 9.93. The summed E-state index contributed by atoms with van der Waals surface area (Å²) >= 11 is 0. The Hall–Kier alpha value is -5.27. The summed E-state index contributed by atoms with van der Waals surface area (Å²) in [6.45, 7) is 8.69. The third kappa shape index (κ3) is 5.54. The number of nitrogens with zero attached hydrogens (tertiary/aromatic N) is 5. The number of rotatable bonds is 8. The van der Waals surface area contributed by atoms with Gasteiger partial charge in [-0.05, 0) is 54.5 Å². The molecule has 4 aromatic rings. The van der Waals surface area contributed by atoms with Crippen LogP contribution in [0.5, 0.6) is 0 Å². The maximum Gasteiger partial charge on any atom is 0.413 e. The summed E-state index contributed by atoms with van der Waals surface area (Å²) in [5.74, 6) is 0. The van der Waals surface area contributed by atoms with Crippen LogP contribution in [0.4, 0.5) is 24.5 Å². The molecule has 0 bridgehead atoms. The van der Waals surface area contributed by atoms with Crippen LogP contribution in [0, 0.1) is 35.0 Å². The Morgan fingerprint density at radius 1 is 1.09 bits per heavy atom. The molecule has 0 unspecified atom stereocenters. The van der Waals surface area contributed by atoms with Gasteiger partial charge in [0, 0.05) is 41.8 Å². The van der Waals surface area contributed by atoms with Crippen molar-refractivity contribution in [3.8, 4) is 23.4 Å². The minimum absolute atomic E-state index is 0.0184. The van der Waals surface area contributed by atoms with Crippen molar-refractivity contribution in [3.05, 3.63) is 82.9 Å². The van der Waals surface area contributed by atoms with Gasteiger partial charge in [0.15, 0.2) is 5.54 Å². The maximum absolute atomic E-state index is 14.1. The van der Waals surface area contributed by atoms with Crippen molar-refractivity contribution in [2.75, 3.05) is 17.2 Å². The molecule has 2 aromatic heterocycles. The molecule has 1 saturated carbocycles. The van der Waals surface area contributed by atoms with Crippen molar-refractivity contribution in [1.29, 1.82) is 10.5 Å². The molecular formula is C33H33F3N10. The number of alkyl halides is 3. The van der Waals surface area contributed by atoms with E-state index in [1.165, 1.54) is 12.4 Å². The second-order valence-corrected chi connectivity index (χ2v) is 12.9. The molecule has 0 spiro atoms. The smallest absolute Gasteiger partial charge is 0.383 e. The molecule has 1 aliphatic carbocycles. The van der Waals surface area contributed by atoms with Crippen molar-refractivity contribution in [2.24, 2.45) is 5.41 Å². The molecule has 13 heteroatoms. The number of hydrogen-bond donors (Lipinski definition) is 5. The molecule has 46 heavy (non-hydrogen) atoms. The number of anilines is 2. The fraction of sp³-hybridized carbons (Fsp3) is 0.333. The molecule has 10 nitrogen and oxygen atoms in total. The second kappa shape index (κ2) is 11.3. The number of halogens is 3. The Morgan fingerprint density at radius 2 is 1.85 bits per heavy atom. The van der Waals surface area contributed by atoms with E-state index in [4.69, 9.17) is 0 Å². The molecular weight excluding hydrogens is 593 g/mol. The fourth-order valence-corrected chi connectivity index (χ4v) is 5.73. The summed E-state index contributed by atoms with van der Waals surface area (Å²) in [6.07, 6.45) is 0.172. The van der Waals surface area contributed by atoms with Gasteiger partial charge in [0.1, 0.15) is 12.1 Å². The molecule has 0 radical (unpaired) electrons. The summed E-state index contributed by atoms with van der Waals surface area (Å²) in [5, 5.41) is 35.7. The van der Waals surface area contributed by atoms with Gasteiger partial charge in [0.25, 0.3) is 0 Å². The molecule has 0 saturated heterocycles. The van der Waals surface area contributed by atoms with Gasteiger partial charge in [-0.25, -0.2) is 0 Å². The van der Waals surface area contributed by atoms with Gasteiger partial charge in [-0.2, -0.15) is 28.8 Å². The second-order valence-electron chi connectivity index (χ2n) is 12.9. The lowest BCUT2D eigenvalue weighted by Crippen LogP contribution is -2.52. The SMILES string of the molecule is Cc1c(-c2cc[nH]n2)cccc1[C@H](Nc1cc(C#N)c2ncc(C#N)c(NCC(C)(C)C)c2c1)C1=CN(C2(C(F)(F)F)CC2)NN1. The Labute approximate surface area is 264 Å². The van der Waals surface area contributed by atoms with E-state index in [1.54, 1.807) is 12.3 Å². The lowest BCUT2D eigenvalue weighted by Gasteiger charge is -2.28. The lowest BCUT2D eigenvalue weighted by molar-refractivity contribution is -0.195. The summed E-state index contributed by atoms with van der Waals surface area (Å²) in [5.41, 5.74) is 9.43. The van der Waals surface area contributed by atoms with Crippen LogP contribution < -0.4 is 21.6 Å². The van der Waals surface area contributed by atoms with Gasteiger partial charge in [0.05, 0.1) is 39.8 Å². The maximum atomic E-state index is 14.1. The molecule has 236 valence electrons. The van der Waals surface area contributed by atoms with Crippen molar-refractivity contribution >= 4 is 22.3 Å². The molecule has 1 aliphatic heterocycles. The normalized spacial score (nSPS) is 16.3. The first-order valence-electron chi connectivity index (χ1n) is 14.8. The molecule has 2 aromatic carbocycles. The zero-order chi connectivity index (χ0) is 32.9. The first-order valence-corrected chi connectivity index (χ1v) is 14.8. The average Bonchev–Trinajstić information content (AvgIpc) is 3.41. The monoisotopic (exact) mass is 626 g/mol. The molecule has 1 fully saturated rings. The van der Waals surface area contributed by atoms with E-state index in [-0.39, 0.29) is 23.8 Å². The third-order valence-corrected chi connectivity index (χ3v) is 8.39.